The minimum Gasteiger partial charge on any atom is -0.396 e. The number of benzene rings is 1. The number of aromatic amines is 1. The Hall–Kier alpha value is -2.45. The molecule has 0 amide bonds. The van der Waals surface area contributed by atoms with Crippen LogP contribution in [0.25, 0.3) is 20.8 Å². The molecule has 2 fully saturated rings. The highest BCUT2D eigenvalue weighted by atomic mass is 32.1. The predicted molar refractivity (Wildman–Crippen MR) is 121 cm³/mol. The van der Waals surface area contributed by atoms with Gasteiger partial charge in [-0.25, -0.2) is 4.98 Å². The summed E-state index contributed by atoms with van der Waals surface area (Å²) in [5, 5.41) is 17.1. The van der Waals surface area contributed by atoms with Gasteiger partial charge in [-0.15, -0.1) is 11.3 Å². The normalized spacial score (nSPS) is 22.0. The van der Waals surface area contributed by atoms with E-state index >= 15 is 0 Å². The molecule has 2 aliphatic carbocycles. The molecule has 2 heterocycles. The Bertz CT molecular complexity index is 1060. The van der Waals surface area contributed by atoms with Crippen LogP contribution in [0.5, 0.6) is 0 Å². The van der Waals surface area contributed by atoms with Crippen molar-refractivity contribution in [2.24, 2.45) is 5.92 Å². The highest BCUT2D eigenvalue weighted by Crippen LogP contribution is 2.34. The topological polar surface area (TPSA) is 103 Å². The molecular weight excluding hydrogens is 398 g/mol. The van der Waals surface area contributed by atoms with Gasteiger partial charge in [0.1, 0.15) is 16.4 Å². The molecule has 2 aromatic heterocycles. The molecule has 30 heavy (non-hydrogen) atoms. The number of nitrogens with one attached hydrogen (secondary N) is 3. The zero-order valence-electron chi connectivity index (χ0n) is 16.9. The summed E-state index contributed by atoms with van der Waals surface area (Å²) in [7, 11) is 0. The highest BCUT2D eigenvalue weighted by Gasteiger charge is 2.27. The van der Waals surface area contributed by atoms with Gasteiger partial charge in [-0.2, -0.15) is 4.98 Å². The van der Waals surface area contributed by atoms with Crippen LogP contribution < -0.4 is 16.2 Å². The maximum atomic E-state index is 13.2. The van der Waals surface area contributed by atoms with Crippen molar-refractivity contribution in [1.29, 1.82) is 0 Å². The van der Waals surface area contributed by atoms with Crippen molar-refractivity contribution >= 4 is 33.3 Å². The van der Waals surface area contributed by atoms with Gasteiger partial charge >= 0.3 is 0 Å². The standard InChI is InChI=1S/C22H27N5O2S/c28-12-13-9-10-15(11-13)23-19-18(21-25-16-7-3-4-8-17(16)30-21)20(29)27-22(26-19)24-14-5-1-2-6-14/h3-4,7-8,13-15,28H,1-2,5-6,9-12H2,(H3,23,24,26,27,29)/t13-,15?/m1/s1. The first-order valence-electron chi connectivity index (χ1n) is 10.8. The van der Waals surface area contributed by atoms with Crippen LogP contribution in [0.4, 0.5) is 11.8 Å². The molecule has 3 aromatic rings. The summed E-state index contributed by atoms with van der Waals surface area (Å²) in [6, 6.07) is 8.47. The number of aromatic nitrogens is 3. The lowest BCUT2D eigenvalue weighted by atomic mass is 10.1. The van der Waals surface area contributed by atoms with E-state index < -0.39 is 0 Å². The van der Waals surface area contributed by atoms with E-state index in [1.165, 1.54) is 24.2 Å². The largest absolute Gasteiger partial charge is 0.396 e. The summed E-state index contributed by atoms with van der Waals surface area (Å²) in [5.41, 5.74) is 1.21. The average molecular weight is 426 g/mol. The Morgan fingerprint density at radius 3 is 2.67 bits per heavy atom. The molecule has 0 aliphatic heterocycles. The van der Waals surface area contributed by atoms with Crippen LogP contribution in [0.2, 0.25) is 0 Å². The zero-order chi connectivity index (χ0) is 20.5. The van der Waals surface area contributed by atoms with Crippen molar-refractivity contribution < 1.29 is 5.11 Å². The number of hydrogen-bond acceptors (Lipinski definition) is 7. The lowest BCUT2D eigenvalue weighted by Gasteiger charge is -2.18. The molecule has 0 radical (unpaired) electrons. The number of rotatable bonds is 6. The van der Waals surface area contributed by atoms with Crippen LogP contribution in [0, 0.1) is 5.92 Å². The molecular formula is C22H27N5O2S. The van der Waals surface area contributed by atoms with E-state index in [1.807, 2.05) is 24.3 Å². The fourth-order valence-corrected chi connectivity index (χ4v) is 5.66. The summed E-state index contributed by atoms with van der Waals surface area (Å²) >= 11 is 1.51. The summed E-state index contributed by atoms with van der Waals surface area (Å²) < 4.78 is 1.05. The second kappa shape index (κ2) is 8.35. The van der Waals surface area contributed by atoms with E-state index in [4.69, 9.17) is 9.97 Å². The fourth-order valence-electron chi connectivity index (χ4n) is 4.65. The molecule has 0 spiro atoms. The first-order valence-corrected chi connectivity index (χ1v) is 11.7. The Kier molecular flexibility index (Phi) is 5.43. The fraction of sp³-hybridized carbons (Fsp3) is 0.500. The Morgan fingerprint density at radius 2 is 1.90 bits per heavy atom. The van der Waals surface area contributed by atoms with Crippen LogP contribution in [-0.2, 0) is 0 Å². The summed E-state index contributed by atoms with van der Waals surface area (Å²) in [6.07, 6.45) is 7.46. The van der Waals surface area contributed by atoms with Crippen molar-refractivity contribution in [2.45, 2.75) is 57.0 Å². The van der Waals surface area contributed by atoms with Gasteiger partial charge < -0.3 is 15.7 Å². The van der Waals surface area contributed by atoms with E-state index in [0.717, 1.165) is 42.3 Å². The quantitative estimate of drug-likeness (QED) is 0.476. The van der Waals surface area contributed by atoms with Gasteiger partial charge in [0.15, 0.2) is 0 Å². The van der Waals surface area contributed by atoms with Gasteiger partial charge in [0.25, 0.3) is 5.56 Å². The molecule has 4 N–H and O–H groups in total. The number of H-pyrrole nitrogens is 1. The number of hydrogen-bond donors (Lipinski definition) is 4. The second-order valence-corrected chi connectivity index (χ2v) is 9.48. The smallest absolute Gasteiger partial charge is 0.264 e. The van der Waals surface area contributed by atoms with Gasteiger partial charge in [0.2, 0.25) is 5.95 Å². The third-order valence-electron chi connectivity index (χ3n) is 6.26. The molecule has 5 rings (SSSR count). The summed E-state index contributed by atoms with van der Waals surface area (Å²) in [6.45, 7) is 0.209. The minimum atomic E-state index is -0.177. The first kappa shape index (κ1) is 19.5. The van der Waals surface area contributed by atoms with E-state index in [1.54, 1.807) is 0 Å². The summed E-state index contributed by atoms with van der Waals surface area (Å²) in [4.78, 5) is 25.6. The van der Waals surface area contributed by atoms with Crippen LogP contribution >= 0.6 is 11.3 Å². The molecule has 1 aromatic carbocycles. The third kappa shape index (κ3) is 3.94. The Morgan fingerprint density at radius 1 is 1.07 bits per heavy atom. The number of para-hydroxylation sites is 1. The van der Waals surface area contributed by atoms with Gasteiger partial charge in [-0.05, 0) is 50.2 Å². The Balaban J connectivity index is 1.52. The maximum absolute atomic E-state index is 13.2. The third-order valence-corrected chi connectivity index (χ3v) is 7.32. The van der Waals surface area contributed by atoms with Crippen molar-refractivity contribution in [3.05, 3.63) is 34.6 Å². The number of fused-ring (bicyclic) bond motifs is 1. The minimum absolute atomic E-state index is 0.177. The molecule has 2 aliphatic rings. The predicted octanol–water partition coefficient (Wildman–Crippen LogP) is 3.97. The van der Waals surface area contributed by atoms with Crippen LogP contribution in [0.3, 0.4) is 0 Å². The molecule has 8 heteroatoms. The number of nitrogens with zero attached hydrogens (tertiary/aromatic N) is 2. The van der Waals surface area contributed by atoms with Crippen molar-refractivity contribution in [3.8, 4) is 10.6 Å². The van der Waals surface area contributed by atoms with Crippen LogP contribution in [-0.4, -0.2) is 38.7 Å². The zero-order valence-corrected chi connectivity index (χ0v) is 17.7. The molecule has 0 bridgehead atoms. The second-order valence-electron chi connectivity index (χ2n) is 8.45. The first-order chi connectivity index (χ1) is 14.7. The average Bonchev–Trinajstić information content (AvgIpc) is 3.48. The van der Waals surface area contributed by atoms with E-state index in [9.17, 15) is 9.90 Å². The molecule has 2 atom stereocenters. The van der Waals surface area contributed by atoms with Gasteiger partial charge in [0.05, 0.1) is 10.2 Å². The molecule has 7 nitrogen and oxygen atoms in total. The molecule has 158 valence electrons. The SMILES string of the molecule is O=c1[nH]c(NC2CCCC2)nc(NC2CC[C@@H](CO)C2)c1-c1nc2ccccc2s1. The van der Waals surface area contributed by atoms with E-state index in [2.05, 4.69) is 15.6 Å². The Labute approximate surface area is 179 Å². The molecule has 0 saturated heterocycles. The number of anilines is 2. The summed E-state index contributed by atoms with van der Waals surface area (Å²) in [5.74, 6) is 1.42. The highest BCUT2D eigenvalue weighted by molar-refractivity contribution is 7.21. The van der Waals surface area contributed by atoms with Gasteiger partial charge in [-0.1, -0.05) is 25.0 Å². The van der Waals surface area contributed by atoms with Crippen molar-refractivity contribution in [2.75, 3.05) is 17.2 Å². The molecule has 1 unspecified atom stereocenters. The van der Waals surface area contributed by atoms with E-state index in [0.29, 0.717) is 34.3 Å². The maximum Gasteiger partial charge on any atom is 0.264 e. The molecule has 2 saturated carbocycles. The number of thiazole rings is 1. The van der Waals surface area contributed by atoms with Crippen LogP contribution in [0.1, 0.15) is 44.9 Å². The van der Waals surface area contributed by atoms with E-state index in [-0.39, 0.29) is 18.2 Å². The van der Waals surface area contributed by atoms with Crippen molar-refractivity contribution in [1.82, 2.24) is 15.0 Å². The number of aliphatic hydroxyl groups excluding tert-OH is 1. The van der Waals surface area contributed by atoms with Crippen molar-refractivity contribution in [3.63, 3.8) is 0 Å². The van der Waals surface area contributed by atoms with Crippen LogP contribution in [0.15, 0.2) is 29.1 Å². The lowest BCUT2D eigenvalue weighted by Crippen LogP contribution is -2.25. The van der Waals surface area contributed by atoms with Gasteiger partial charge in [0, 0.05) is 18.7 Å². The monoisotopic (exact) mass is 425 g/mol. The van der Waals surface area contributed by atoms with Gasteiger partial charge in [-0.3, -0.25) is 9.78 Å². The lowest BCUT2D eigenvalue weighted by molar-refractivity contribution is 0.229. The number of aliphatic hydroxyl groups is 1.